The molecule has 5 aliphatic carbocycles. The first-order chi connectivity index (χ1) is 34.6. The zero-order valence-electron chi connectivity index (χ0n) is 40.9. The van der Waals surface area contributed by atoms with Crippen LogP contribution in [0.1, 0.15) is 81.9 Å². The summed E-state index contributed by atoms with van der Waals surface area (Å²) < 4.78 is 2.70. The van der Waals surface area contributed by atoms with Crippen LogP contribution in [-0.4, -0.2) is 10.6 Å². The van der Waals surface area contributed by atoms with Crippen molar-refractivity contribution >= 4 is 32.9 Å². The Kier molecular flexibility index (Phi) is 14.0. The number of nitrogens with zero attached hydrogens (tertiary/aromatic N) is 2. The molecule has 0 bridgehead atoms. The third kappa shape index (κ3) is 9.27. The molecule has 2 heteroatoms. The maximum Gasteiger partial charge on any atom is 0.0583 e. The van der Waals surface area contributed by atoms with Gasteiger partial charge in [0.25, 0.3) is 0 Å². The first kappa shape index (κ1) is 46.1. The fourth-order valence-electron chi connectivity index (χ4n) is 11.0. The molecule has 1 heterocycles. The van der Waals surface area contributed by atoms with Gasteiger partial charge in [0.05, 0.1) is 23.3 Å². The Bertz CT molecular complexity index is 3270. The van der Waals surface area contributed by atoms with Gasteiger partial charge in [-0.05, 0) is 138 Å². The van der Waals surface area contributed by atoms with Crippen LogP contribution < -0.4 is 4.90 Å². The molecular formula is C68H64N2. The van der Waals surface area contributed by atoms with E-state index in [-0.39, 0.29) is 6.04 Å². The van der Waals surface area contributed by atoms with Crippen LogP contribution in [0.3, 0.4) is 0 Å². The molecular weight excluding hydrogens is 845 g/mol. The molecule has 7 aromatic rings. The summed E-state index contributed by atoms with van der Waals surface area (Å²) in [5, 5.41) is 4.11. The summed E-state index contributed by atoms with van der Waals surface area (Å²) >= 11 is 0. The van der Waals surface area contributed by atoms with Gasteiger partial charge in [-0.25, -0.2) is 0 Å². The third-order valence-electron chi connectivity index (χ3n) is 14.6. The fraction of sp³-hybridized carbons (Fsp3) is 0.176. The number of benzene rings is 6. The molecule has 0 aliphatic heterocycles. The highest BCUT2D eigenvalue weighted by atomic mass is 15.2. The first-order valence-corrected chi connectivity index (χ1v) is 25.4. The van der Waals surface area contributed by atoms with Crippen LogP contribution in [-0.2, 0) is 0 Å². The number of hydrogen-bond donors (Lipinski definition) is 0. The quantitative estimate of drug-likeness (QED) is 0.103. The minimum atomic E-state index is 0.227. The predicted octanol–water partition coefficient (Wildman–Crippen LogP) is 18.8. The van der Waals surface area contributed by atoms with E-state index in [1.807, 2.05) is 26.0 Å². The number of anilines is 1. The van der Waals surface area contributed by atoms with Crippen molar-refractivity contribution in [1.82, 2.24) is 4.57 Å². The topological polar surface area (TPSA) is 8.17 Å². The summed E-state index contributed by atoms with van der Waals surface area (Å²) in [6.07, 6.45) is 39.0. The molecule has 0 N–H and O–H groups in total. The molecule has 5 aliphatic rings. The molecule has 0 spiro atoms. The summed E-state index contributed by atoms with van der Waals surface area (Å²) in [5.41, 5.74) is 18.9. The van der Waals surface area contributed by atoms with E-state index >= 15 is 0 Å². The maximum atomic E-state index is 3.36. The van der Waals surface area contributed by atoms with E-state index in [2.05, 4.69) is 223 Å². The number of aromatic nitrogens is 1. The standard InChI is InChI=1S/C60H50N2.C4H8.C4H6/c1-4-12-41(13-5-1)43-22-24-44(25-23-43)46-28-35-52(36-29-46)61(51-33-26-45(27-34-51)42-14-6-2-7-15-42)53-37-30-47(31-38-53)49-32-39-54-57(40-49)62(50-18-8-3-9-19-50)60-56-21-11-17-48-16-10-20-55(58(48)56)59(54)60;2*1-3-4-2/h1-2,4-8,10-18,20-22,24-30,32-35,37,39-40,43,50,52H,3,9,19,23,31,36,38H2;3-4H,1-2H3;3-4H,1-2H2/b;4-3-;. The van der Waals surface area contributed by atoms with Gasteiger partial charge >= 0.3 is 0 Å². The van der Waals surface area contributed by atoms with Gasteiger partial charge in [0, 0.05) is 33.8 Å². The lowest BCUT2D eigenvalue weighted by molar-refractivity contribution is 0.535. The molecule has 0 saturated carbocycles. The van der Waals surface area contributed by atoms with E-state index in [1.54, 1.807) is 12.2 Å². The second kappa shape index (κ2) is 21.3. The third-order valence-corrected chi connectivity index (χ3v) is 14.6. The molecule has 12 rings (SSSR count). The van der Waals surface area contributed by atoms with Gasteiger partial charge in [-0.2, -0.15) is 0 Å². The molecule has 0 amide bonds. The average molecular weight is 909 g/mol. The monoisotopic (exact) mass is 909 g/mol. The Morgan fingerprint density at radius 1 is 0.629 bits per heavy atom. The van der Waals surface area contributed by atoms with Crippen LogP contribution in [0.25, 0.3) is 60.8 Å². The van der Waals surface area contributed by atoms with Crippen molar-refractivity contribution < 1.29 is 0 Å². The Balaban J connectivity index is 0.000000662. The predicted molar refractivity (Wildman–Crippen MR) is 303 cm³/mol. The molecule has 70 heavy (non-hydrogen) atoms. The van der Waals surface area contributed by atoms with Crippen LogP contribution >= 0.6 is 0 Å². The normalized spacial score (nSPS) is 18.7. The van der Waals surface area contributed by atoms with Crippen molar-refractivity contribution in [2.45, 2.75) is 76.8 Å². The van der Waals surface area contributed by atoms with Gasteiger partial charge < -0.3 is 9.47 Å². The number of rotatable bonds is 9. The van der Waals surface area contributed by atoms with Crippen LogP contribution in [0.5, 0.6) is 0 Å². The Morgan fingerprint density at radius 2 is 1.31 bits per heavy atom. The summed E-state index contributed by atoms with van der Waals surface area (Å²) in [6.45, 7) is 10.7. The number of fused-ring (bicyclic) bond motifs is 5. The summed E-state index contributed by atoms with van der Waals surface area (Å²) in [4.78, 5) is 2.61. The highest BCUT2D eigenvalue weighted by Gasteiger charge is 2.32. The van der Waals surface area contributed by atoms with Crippen molar-refractivity contribution in [1.29, 1.82) is 0 Å². The van der Waals surface area contributed by atoms with Crippen molar-refractivity contribution in [3.8, 4) is 33.5 Å². The zero-order chi connectivity index (χ0) is 47.8. The summed E-state index contributed by atoms with van der Waals surface area (Å²) in [5.74, 6) is 0.446. The minimum absolute atomic E-state index is 0.227. The Morgan fingerprint density at radius 3 is 1.94 bits per heavy atom. The largest absolute Gasteiger partial charge is 0.338 e. The highest BCUT2D eigenvalue weighted by Crippen LogP contribution is 2.54. The molecule has 3 unspecified atom stereocenters. The molecule has 2 nitrogen and oxygen atoms in total. The molecule has 0 fully saturated rings. The lowest BCUT2D eigenvalue weighted by Crippen LogP contribution is -2.34. The van der Waals surface area contributed by atoms with E-state index in [9.17, 15) is 0 Å². The van der Waals surface area contributed by atoms with Crippen LogP contribution in [0.2, 0.25) is 0 Å². The van der Waals surface area contributed by atoms with Gasteiger partial charge in [0.2, 0.25) is 0 Å². The van der Waals surface area contributed by atoms with Crippen molar-refractivity contribution in [2.24, 2.45) is 0 Å². The smallest absolute Gasteiger partial charge is 0.0583 e. The van der Waals surface area contributed by atoms with E-state index in [4.69, 9.17) is 0 Å². The van der Waals surface area contributed by atoms with Crippen molar-refractivity contribution in [3.63, 3.8) is 0 Å². The molecule has 3 atom stereocenters. The zero-order valence-corrected chi connectivity index (χ0v) is 40.9. The molecule has 0 saturated heterocycles. The van der Waals surface area contributed by atoms with Crippen LogP contribution in [0, 0.1) is 0 Å². The Labute approximate surface area is 416 Å². The van der Waals surface area contributed by atoms with Gasteiger partial charge in [0.1, 0.15) is 0 Å². The summed E-state index contributed by atoms with van der Waals surface area (Å²) in [6, 6.07) is 52.4. The van der Waals surface area contributed by atoms with Crippen molar-refractivity contribution in [2.75, 3.05) is 4.90 Å². The van der Waals surface area contributed by atoms with Gasteiger partial charge in [-0.15, -0.1) is 0 Å². The minimum Gasteiger partial charge on any atom is -0.338 e. The summed E-state index contributed by atoms with van der Waals surface area (Å²) in [7, 11) is 0. The lowest BCUT2D eigenvalue weighted by atomic mass is 9.86. The second-order valence-electron chi connectivity index (χ2n) is 18.8. The lowest BCUT2D eigenvalue weighted by Gasteiger charge is -2.36. The number of allylic oxidation sites excluding steroid dienone is 16. The number of hydrogen-bond acceptors (Lipinski definition) is 1. The van der Waals surface area contributed by atoms with E-state index < -0.39 is 0 Å². The average Bonchev–Trinajstić information content (AvgIpc) is 3.96. The van der Waals surface area contributed by atoms with Gasteiger partial charge in [-0.3, -0.25) is 0 Å². The first-order valence-electron chi connectivity index (χ1n) is 25.4. The maximum absolute atomic E-state index is 3.36. The van der Waals surface area contributed by atoms with Gasteiger partial charge in [-0.1, -0.05) is 213 Å². The fourth-order valence-corrected chi connectivity index (χ4v) is 11.0. The Hall–Kier alpha value is -7.68. The molecule has 6 aromatic carbocycles. The van der Waals surface area contributed by atoms with E-state index in [1.165, 1.54) is 114 Å². The SMILES string of the molecule is C/C=C\C.C1=CC(n2c3c(c4ccc(C5=CC=C(N(c6ccc(-c7ccccc7)cc6)C6C=CC(C7=CCC(c8ccccc8)C=C7)=CC6)CC5)cc42)-c2cccc4cccc-3c24)CCC1.C=CC=C. The van der Waals surface area contributed by atoms with E-state index in [0.29, 0.717) is 12.0 Å². The van der Waals surface area contributed by atoms with E-state index in [0.717, 1.165) is 25.7 Å². The molecule has 346 valence electrons. The van der Waals surface area contributed by atoms with Crippen molar-refractivity contribution in [3.05, 3.63) is 266 Å². The van der Waals surface area contributed by atoms with Gasteiger partial charge in [0.15, 0.2) is 0 Å². The van der Waals surface area contributed by atoms with Crippen LogP contribution in [0.15, 0.2) is 255 Å². The molecule has 1 aromatic heterocycles. The second-order valence-corrected chi connectivity index (χ2v) is 18.8. The molecule has 0 radical (unpaired) electrons. The highest BCUT2D eigenvalue weighted by molar-refractivity contribution is 6.21. The van der Waals surface area contributed by atoms with Crippen LogP contribution in [0.4, 0.5) is 5.69 Å².